The van der Waals surface area contributed by atoms with Gasteiger partial charge in [-0.25, -0.2) is 0 Å². The summed E-state index contributed by atoms with van der Waals surface area (Å²) in [6, 6.07) is 17.2. The third kappa shape index (κ3) is 2.69. The lowest BCUT2D eigenvalue weighted by Gasteiger charge is -2.33. The van der Waals surface area contributed by atoms with Crippen LogP contribution in [0.25, 0.3) is 0 Å². The highest BCUT2D eigenvalue weighted by molar-refractivity contribution is 6.30. The maximum Gasteiger partial charge on any atom is 0.246 e. The molecule has 1 heterocycles. The summed E-state index contributed by atoms with van der Waals surface area (Å²) in [5.41, 5.74) is 2.03. The van der Waals surface area contributed by atoms with E-state index < -0.39 is 0 Å². The lowest BCUT2D eigenvalue weighted by atomic mass is 9.94. The van der Waals surface area contributed by atoms with Crippen molar-refractivity contribution in [1.29, 1.82) is 0 Å². The molecule has 0 saturated carbocycles. The highest BCUT2D eigenvalue weighted by Gasteiger charge is 2.31. The summed E-state index contributed by atoms with van der Waals surface area (Å²) in [4.78, 5) is 11.6. The van der Waals surface area contributed by atoms with Crippen molar-refractivity contribution >= 4 is 17.5 Å². The van der Waals surface area contributed by atoms with Crippen LogP contribution in [-0.4, -0.2) is 12.5 Å². The molecule has 0 aliphatic carbocycles. The summed E-state index contributed by atoms with van der Waals surface area (Å²) < 4.78 is 5.73. The van der Waals surface area contributed by atoms with Crippen molar-refractivity contribution in [3.05, 3.63) is 70.7 Å². The van der Waals surface area contributed by atoms with Crippen molar-refractivity contribution in [3.8, 4) is 0 Å². The van der Waals surface area contributed by atoms with Crippen molar-refractivity contribution in [2.24, 2.45) is 0 Å². The molecule has 2 aromatic rings. The van der Waals surface area contributed by atoms with E-state index in [1.54, 1.807) is 0 Å². The topological polar surface area (TPSA) is 38.3 Å². The van der Waals surface area contributed by atoms with Crippen molar-refractivity contribution in [1.82, 2.24) is 5.32 Å². The smallest absolute Gasteiger partial charge is 0.246 e. The van der Waals surface area contributed by atoms with E-state index in [9.17, 15) is 4.79 Å². The van der Waals surface area contributed by atoms with E-state index in [1.807, 2.05) is 54.6 Å². The second-order valence-corrected chi connectivity index (χ2v) is 5.18. The SMILES string of the molecule is O=C1CO[C@@H](c2ccccc2)[C@@H](c2ccc(Cl)cc2)N1. The summed E-state index contributed by atoms with van der Waals surface area (Å²) in [5.74, 6) is -0.0999. The Hall–Kier alpha value is -1.84. The number of halogens is 1. The molecule has 3 nitrogen and oxygen atoms in total. The minimum Gasteiger partial charge on any atom is -0.361 e. The molecule has 2 atom stereocenters. The van der Waals surface area contributed by atoms with Gasteiger partial charge in [0.2, 0.25) is 5.91 Å². The fraction of sp³-hybridized carbons (Fsp3) is 0.188. The number of hydrogen-bond acceptors (Lipinski definition) is 2. The highest BCUT2D eigenvalue weighted by atomic mass is 35.5. The third-order valence-electron chi connectivity index (χ3n) is 3.37. The second-order valence-electron chi connectivity index (χ2n) is 4.74. The molecule has 1 saturated heterocycles. The van der Waals surface area contributed by atoms with Gasteiger partial charge in [-0.05, 0) is 23.3 Å². The monoisotopic (exact) mass is 287 g/mol. The number of carbonyl (C=O) groups excluding carboxylic acids is 1. The zero-order chi connectivity index (χ0) is 13.9. The maximum atomic E-state index is 11.6. The van der Waals surface area contributed by atoms with Crippen LogP contribution in [0.1, 0.15) is 23.3 Å². The van der Waals surface area contributed by atoms with Gasteiger partial charge in [-0.2, -0.15) is 0 Å². The molecule has 1 fully saturated rings. The van der Waals surface area contributed by atoms with Crippen LogP contribution in [0.2, 0.25) is 5.02 Å². The number of nitrogens with one attached hydrogen (secondary N) is 1. The summed E-state index contributed by atoms with van der Waals surface area (Å²) in [6.07, 6.45) is -0.185. The first-order valence-corrected chi connectivity index (χ1v) is 6.83. The number of hydrogen-bond donors (Lipinski definition) is 1. The number of ether oxygens (including phenoxy) is 1. The number of rotatable bonds is 2. The van der Waals surface area contributed by atoms with Crippen LogP contribution in [0, 0.1) is 0 Å². The van der Waals surface area contributed by atoms with E-state index in [0.29, 0.717) is 5.02 Å². The van der Waals surface area contributed by atoms with E-state index in [1.165, 1.54) is 0 Å². The van der Waals surface area contributed by atoms with E-state index in [2.05, 4.69) is 5.32 Å². The Labute approximate surface area is 122 Å². The molecule has 1 aliphatic rings. The van der Waals surface area contributed by atoms with Crippen molar-refractivity contribution in [2.45, 2.75) is 12.1 Å². The Morgan fingerprint density at radius 3 is 2.40 bits per heavy atom. The molecule has 0 spiro atoms. The molecule has 4 heteroatoms. The summed E-state index contributed by atoms with van der Waals surface area (Å²) in [5, 5.41) is 3.67. The number of amides is 1. The maximum absolute atomic E-state index is 11.6. The zero-order valence-electron chi connectivity index (χ0n) is 10.8. The quantitative estimate of drug-likeness (QED) is 0.921. The number of carbonyl (C=O) groups is 1. The fourth-order valence-electron chi connectivity index (χ4n) is 2.41. The van der Waals surface area contributed by atoms with Gasteiger partial charge in [-0.1, -0.05) is 54.1 Å². The van der Waals surface area contributed by atoms with Gasteiger partial charge >= 0.3 is 0 Å². The van der Waals surface area contributed by atoms with E-state index in [-0.39, 0.29) is 24.7 Å². The summed E-state index contributed by atoms with van der Waals surface area (Å²) in [6.45, 7) is 0.0870. The third-order valence-corrected chi connectivity index (χ3v) is 3.62. The summed E-state index contributed by atoms with van der Waals surface area (Å²) >= 11 is 5.91. The normalized spacial score (nSPS) is 22.4. The predicted octanol–water partition coefficient (Wildman–Crippen LogP) is 3.27. The Morgan fingerprint density at radius 2 is 1.70 bits per heavy atom. The van der Waals surface area contributed by atoms with Gasteiger partial charge in [0, 0.05) is 5.02 Å². The molecule has 0 aromatic heterocycles. The largest absolute Gasteiger partial charge is 0.361 e. The van der Waals surface area contributed by atoms with Crippen LogP contribution in [0.5, 0.6) is 0 Å². The Morgan fingerprint density at radius 1 is 1.00 bits per heavy atom. The zero-order valence-corrected chi connectivity index (χ0v) is 11.5. The van der Waals surface area contributed by atoms with Gasteiger partial charge in [0.15, 0.2) is 0 Å². The first-order valence-electron chi connectivity index (χ1n) is 6.45. The van der Waals surface area contributed by atoms with Gasteiger partial charge in [0.1, 0.15) is 12.7 Å². The van der Waals surface area contributed by atoms with Gasteiger partial charge in [-0.3, -0.25) is 4.79 Å². The first-order chi connectivity index (χ1) is 9.74. The molecule has 1 amide bonds. The Balaban J connectivity index is 1.95. The molecule has 2 aromatic carbocycles. The van der Waals surface area contributed by atoms with Crippen LogP contribution in [0.4, 0.5) is 0 Å². The van der Waals surface area contributed by atoms with Crippen molar-refractivity contribution in [2.75, 3.05) is 6.61 Å². The van der Waals surface area contributed by atoms with Gasteiger partial charge in [0.05, 0.1) is 6.04 Å². The molecular formula is C16H14ClNO2. The highest BCUT2D eigenvalue weighted by Crippen LogP contribution is 2.34. The van der Waals surface area contributed by atoms with Crippen LogP contribution in [0.15, 0.2) is 54.6 Å². The predicted molar refractivity (Wildman–Crippen MR) is 77.5 cm³/mol. The van der Waals surface area contributed by atoms with Crippen LogP contribution < -0.4 is 5.32 Å². The van der Waals surface area contributed by atoms with Gasteiger partial charge in [0.25, 0.3) is 0 Å². The van der Waals surface area contributed by atoms with E-state index in [0.717, 1.165) is 11.1 Å². The lowest BCUT2D eigenvalue weighted by molar-refractivity contribution is -0.137. The van der Waals surface area contributed by atoms with Crippen LogP contribution >= 0.6 is 11.6 Å². The Kier molecular flexibility index (Phi) is 3.72. The molecule has 3 rings (SSSR count). The molecule has 0 radical (unpaired) electrons. The van der Waals surface area contributed by atoms with Gasteiger partial charge < -0.3 is 10.1 Å². The average Bonchev–Trinajstić information content (AvgIpc) is 2.49. The van der Waals surface area contributed by atoms with Crippen molar-refractivity contribution < 1.29 is 9.53 Å². The standard InChI is InChI=1S/C16H14ClNO2/c17-13-8-6-11(7-9-13)15-16(20-10-14(19)18-15)12-4-2-1-3-5-12/h1-9,15-16H,10H2,(H,18,19)/t15-,16+/m1/s1. The molecule has 102 valence electrons. The van der Waals surface area contributed by atoms with E-state index in [4.69, 9.17) is 16.3 Å². The molecule has 0 bridgehead atoms. The molecule has 1 aliphatic heterocycles. The molecular weight excluding hydrogens is 274 g/mol. The van der Waals surface area contributed by atoms with E-state index >= 15 is 0 Å². The molecule has 1 N–H and O–H groups in total. The number of morpholine rings is 1. The average molecular weight is 288 g/mol. The van der Waals surface area contributed by atoms with Gasteiger partial charge in [-0.15, -0.1) is 0 Å². The minimum absolute atomic E-state index is 0.0870. The van der Waals surface area contributed by atoms with Crippen LogP contribution in [-0.2, 0) is 9.53 Å². The second kappa shape index (κ2) is 5.65. The molecule has 0 unspecified atom stereocenters. The first kappa shape index (κ1) is 13.2. The number of benzene rings is 2. The minimum atomic E-state index is -0.198. The van der Waals surface area contributed by atoms with Crippen LogP contribution in [0.3, 0.4) is 0 Å². The lowest BCUT2D eigenvalue weighted by Crippen LogP contribution is -2.41. The Bertz CT molecular complexity index is 598. The molecule has 20 heavy (non-hydrogen) atoms. The fourth-order valence-corrected chi connectivity index (χ4v) is 2.54. The summed E-state index contributed by atoms with van der Waals surface area (Å²) in [7, 11) is 0. The van der Waals surface area contributed by atoms with Crippen molar-refractivity contribution in [3.63, 3.8) is 0 Å².